The van der Waals surface area contributed by atoms with Gasteiger partial charge >= 0.3 is 6.18 Å². The topological polar surface area (TPSA) is 97.8 Å². The third-order valence-corrected chi connectivity index (χ3v) is 6.63. The second-order valence-electron chi connectivity index (χ2n) is 9.29. The van der Waals surface area contributed by atoms with E-state index >= 15 is 0 Å². The van der Waals surface area contributed by atoms with Crippen molar-refractivity contribution in [2.45, 2.75) is 18.4 Å². The highest BCUT2D eigenvalue weighted by molar-refractivity contribution is 6.31. The van der Waals surface area contributed by atoms with Gasteiger partial charge in [-0.05, 0) is 30.3 Å². The molecule has 2 atom stereocenters. The van der Waals surface area contributed by atoms with Gasteiger partial charge in [0.05, 0.1) is 41.6 Å². The van der Waals surface area contributed by atoms with E-state index in [1.54, 1.807) is 0 Å². The summed E-state index contributed by atoms with van der Waals surface area (Å²) in [5.74, 6) is -3.20. The summed E-state index contributed by atoms with van der Waals surface area (Å²) >= 11 is 5.84. The van der Waals surface area contributed by atoms with Crippen molar-refractivity contribution in [3.63, 3.8) is 0 Å². The Balaban J connectivity index is 1.38. The van der Waals surface area contributed by atoms with Crippen LogP contribution in [0, 0.1) is 5.82 Å². The normalized spacial score (nSPS) is 19.7. The first-order valence-electron chi connectivity index (χ1n) is 12.4. The van der Waals surface area contributed by atoms with Gasteiger partial charge in [0.2, 0.25) is 0 Å². The minimum Gasteiger partial charge on any atom is -0.482 e. The molecule has 2 aliphatic rings. The minimum absolute atomic E-state index is 0.0935. The Morgan fingerprint density at radius 1 is 1.15 bits per heavy atom. The van der Waals surface area contributed by atoms with Crippen LogP contribution in [0.5, 0.6) is 5.75 Å². The number of nitrogens with one attached hydrogen (secondary N) is 2. The summed E-state index contributed by atoms with van der Waals surface area (Å²) in [5, 5.41) is 5.28. The lowest BCUT2D eigenvalue weighted by Crippen LogP contribution is -2.36. The zero-order valence-electron chi connectivity index (χ0n) is 21.2. The summed E-state index contributed by atoms with van der Waals surface area (Å²) in [6.45, 7) is 0.399. The van der Waals surface area contributed by atoms with Crippen LogP contribution in [0.4, 0.5) is 39.1 Å². The molecular formula is C26H23ClF5N5O4. The standard InChI is InChI=1S/C26H23ClF5N5O4/c27-16-7-14(1-2-17(16)28)35-24-15-8-20(21(41-12-26(30,31)32)9-19(15)33-13-34-24)36-25(38)18(29)3-4-37-10-22-23(11-37)40-6-5-39-22/h1-3,7-9,13,22-23H,4-6,10-12H2,(H,36,38)(H,33,34,35). The number of anilines is 3. The molecule has 5 rings (SSSR count). The van der Waals surface area contributed by atoms with Crippen LogP contribution in [0.1, 0.15) is 0 Å². The van der Waals surface area contributed by atoms with Crippen LogP contribution in [0.3, 0.4) is 0 Å². The number of hydrogen-bond acceptors (Lipinski definition) is 8. The molecule has 2 N–H and O–H groups in total. The molecule has 3 heterocycles. The number of amides is 1. The van der Waals surface area contributed by atoms with Gasteiger partial charge in [0.1, 0.15) is 23.7 Å². The summed E-state index contributed by atoms with van der Waals surface area (Å²) in [6, 6.07) is 6.25. The van der Waals surface area contributed by atoms with Gasteiger partial charge in [0.25, 0.3) is 5.91 Å². The Labute approximate surface area is 235 Å². The third-order valence-electron chi connectivity index (χ3n) is 6.34. The van der Waals surface area contributed by atoms with E-state index in [2.05, 4.69) is 20.6 Å². The summed E-state index contributed by atoms with van der Waals surface area (Å²) in [5.41, 5.74) is 0.257. The summed E-state index contributed by atoms with van der Waals surface area (Å²) in [4.78, 5) is 22.7. The maximum atomic E-state index is 14.8. The van der Waals surface area contributed by atoms with Crippen molar-refractivity contribution in [1.82, 2.24) is 14.9 Å². The highest BCUT2D eigenvalue weighted by Crippen LogP contribution is 2.35. The fourth-order valence-corrected chi connectivity index (χ4v) is 4.62. The molecule has 0 saturated carbocycles. The second-order valence-corrected chi connectivity index (χ2v) is 9.70. The summed E-state index contributed by atoms with van der Waals surface area (Å²) in [6.07, 6.45) is -2.72. The van der Waals surface area contributed by atoms with Crippen LogP contribution >= 0.6 is 11.6 Å². The fourth-order valence-electron chi connectivity index (χ4n) is 4.44. The van der Waals surface area contributed by atoms with Gasteiger partial charge in [0, 0.05) is 36.8 Å². The van der Waals surface area contributed by atoms with E-state index in [4.69, 9.17) is 25.8 Å². The number of halogens is 6. The van der Waals surface area contributed by atoms with Gasteiger partial charge in [-0.3, -0.25) is 9.69 Å². The highest BCUT2D eigenvalue weighted by atomic mass is 35.5. The quantitative estimate of drug-likeness (QED) is 0.276. The smallest absolute Gasteiger partial charge is 0.422 e. The maximum Gasteiger partial charge on any atom is 0.422 e. The summed E-state index contributed by atoms with van der Waals surface area (Å²) < 4.78 is 83.3. The largest absolute Gasteiger partial charge is 0.482 e. The number of alkyl halides is 3. The van der Waals surface area contributed by atoms with Crippen LogP contribution in [-0.2, 0) is 14.3 Å². The first-order chi connectivity index (χ1) is 19.6. The maximum absolute atomic E-state index is 14.8. The fraction of sp³-hybridized carbons (Fsp3) is 0.346. The number of likely N-dealkylation sites (tertiary alicyclic amines) is 1. The van der Waals surface area contributed by atoms with Crippen molar-refractivity contribution < 1.29 is 41.0 Å². The van der Waals surface area contributed by atoms with Crippen molar-refractivity contribution >= 4 is 45.6 Å². The van der Waals surface area contributed by atoms with E-state index in [1.807, 2.05) is 4.90 Å². The number of rotatable bonds is 8. The van der Waals surface area contributed by atoms with Crippen molar-refractivity contribution in [3.8, 4) is 5.75 Å². The van der Waals surface area contributed by atoms with Crippen LogP contribution in [-0.4, -0.2) is 78.6 Å². The van der Waals surface area contributed by atoms with E-state index in [1.165, 1.54) is 18.2 Å². The van der Waals surface area contributed by atoms with Crippen molar-refractivity contribution in [1.29, 1.82) is 0 Å². The molecule has 9 nitrogen and oxygen atoms in total. The monoisotopic (exact) mass is 599 g/mol. The third kappa shape index (κ3) is 7.19. The molecule has 0 bridgehead atoms. The van der Waals surface area contributed by atoms with Crippen LogP contribution < -0.4 is 15.4 Å². The molecule has 41 heavy (non-hydrogen) atoms. The molecule has 218 valence electrons. The Bertz CT molecular complexity index is 1460. The lowest BCUT2D eigenvalue weighted by Gasteiger charge is -2.24. The van der Waals surface area contributed by atoms with E-state index in [9.17, 15) is 26.7 Å². The predicted octanol–water partition coefficient (Wildman–Crippen LogP) is 5.00. The molecule has 3 aromatic rings. The summed E-state index contributed by atoms with van der Waals surface area (Å²) in [7, 11) is 0. The first kappa shape index (κ1) is 28.9. The minimum atomic E-state index is -4.68. The number of nitrogens with zero attached hydrogens (tertiary/aromatic N) is 3. The molecule has 2 saturated heterocycles. The van der Waals surface area contributed by atoms with Gasteiger partial charge in [-0.2, -0.15) is 13.2 Å². The second kappa shape index (κ2) is 12.1. The number of hydrogen-bond donors (Lipinski definition) is 2. The molecule has 1 amide bonds. The Morgan fingerprint density at radius 2 is 1.88 bits per heavy atom. The van der Waals surface area contributed by atoms with Gasteiger partial charge in [-0.15, -0.1) is 0 Å². The van der Waals surface area contributed by atoms with Crippen molar-refractivity contribution in [2.24, 2.45) is 0 Å². The molecular weight excluding hydrogens is 577 g/mol. The molecule has 2 aliphatic heterocycles. The van der Waals surface area contributed by atoms with E-state index in [-0.39, 0.29) is 51.9 Å². The SMILES string of the molecule is O=C(Nc1cc2c(Nc3ccc(F)c(Cl)c3)ncnc2cc1OCC(F)(F)F)C(F)=CCN1CC2OCCOC2C1. The average Bonchev–Trinajstić information content (AvgIpc) is 3.35. The Hall–Kier alpha value is -3.59. The van der Waals surface area contributed by atoms with Crippen molar-refractivity contribution in [2.75, 3.05) is 50.1 Å². The molecule has 1 aromatic heterocycles. The highest BCUT2D eigenvalue weighted by Gasteiger charge is 2.36. The lowest BCUT2D eigenvalue weighted by molar-refractivity contribution is -0.153. The molecule has 2 fully saturated rings. The average molecular weight is 600 g/mol. The van der Waals surface area contributed by atoms with Gasteiger partial charge in [-0.1, -0.05) is 11.6 Å². The molecule has 0 radical (unpaired) electrons. The van der Waals surface area contributed by atoms with E-state index in [0.29, 0.717) is 32.0 Å². The number of fused-ring (bicyclic) bond motifs is 2. The lowest BCUT2D eigenvalue weighted by atomic mass is 10.1. The predicted molar refractivity (Wildman–Crippen MR) is 140 cm³/mol. The molecule has 0 spiro atoms. The molecule has 15 heteroatoms. The zero-order valence-corrected chi connectivity index (χ0v) is 21.9. The molecule has 2 aromatic carbocycles. The molecule has 0 aliphatic carbocycles. The first-order valence-corrected chi connectivity index (χ1v) is 12.8. The number of ether oxygens (including phenoxy) is 3. The van der Waals surface area contributed by atoms with E-state index in [0.717, 1.165) is 24.5 Å². The van der Waals surface area contributed by atoms with Gasteiger partial charge < -0.3 is 24.8 Å². The van der Waals surface area contributed by atoms with E-state index < -0.39 is 30.3 Å². The van der Waals surface area contributed by atoms with Crippen molar-refractivity contribution in [3.05, 3.63) is 59.4 Å². The number of carbonyl (C=O) groups is 1. The van der Waals surface area contributed by atoms with Crippen LogP contribution in [0.25, 0.3) is 10.9 Å². The Kier molecular flexibility index (Phi) is 8.54. The zero-order chi connectivity index (χ0) is 29.1. The molecule has 2 unspecified atom stereocenters. The van der Waals surface area contributed by atoms with Gasteiger partial charge in [-0.25, -0.2) is 18.7 Å². The van der Waals surface area contributed by atoms with Crippen LogP contribution in [0.2, 0.25) is 5.02 Å². The number of aromatic nitrogens is 2. The number of carbonyl (C=O) groups excluding carboxylic acids is 1. The van der Waals surface area contributed by atoms with Gasteiger partial charge in [0.15, 0.2) is 12.4 Å². The van der Waals surface area contributed by atoms with Crippen LogP contribution in [0.15, 0.2) is 48.6 Å². The number of benzene rings is 2. The Morgan fingerprint density at radius 3 is 2.56 bits per heavy atom.